The highest BCUT2D eigenvalue weighted by Gasteiger charge is 2.32. The van der Waals surface area contributed by atoms with Crippen LogP contribution in [-0.4, -0.2) is 46.2 Å². The van der Waals surface area contributed by atoms with Gasteiger partial charge in [0.05, 0.1) is 11.4 Å². The Morgan fingerprint density at radius 3 is 2.03 bits per heavy atom. The van der Waals surface area contributed by atoms with Crippen LogP contribution in [0.3, 0.4) is 0 Å². The van der Waals surface area contributed by atoms with Crippen LogP contribution < -0.4 is 4.74 Å². The highest BCUT2D eigenvalue weighted by molar-refractivity contribution is 5.41. The van der Waals surface area contributed by atoms with Gasteiger partial charge >= 0.3 is 0 Å². The van der Waals surface area contributed by atoms with E-state index >= 15 is 0 Å². The molecule has 0 aliphatic heterocycles. The van der Waals surface area contributed by atoms with Crippen LogP contribution in [0, 0.1) is 13.8 Å². The highest BCUT2D eigenvalue weighted by Crippen LogP contribution is 2.34. The molecule has 3 rings (SSSR count). The Balaban J connectivity index is 1.83. The van der Waals surface area contributed by atoms with Crippen LogP contribution in [-0.2, 0) is 12.0 Å². The van der Waals surface area contributed by atoms with Crippen molar-refractivity contribution in [2.75, 3.05) is 26.2 Å². The molecule has 3 aromatic rings. The third-order valence-electron chi connectivity index (χ3n) is 5.70. The first-order valence-electron chi connectivity index (χ1n) is 11.0. The van der Waals surface area contributed by atoms with Crippen molar-refractivity contribution < 1.29 is 9.84 Å². The maximum absolute atomic E-state index is 11.9. The van der Waals surface area contributed by atoms with Gasteiger partial charge < -0.3 is 14.7 Å². The number of rotatable bonds is 10. The first-order valence-corrected chi connectivity index (χ1v) is 11.0. The fourth-order valence-corrected chi connectivity index (χ4v) is 3.63. The van der Waals surface area contributed by atoms with Crippen LogP contribution in [0.2, 0.25) is 0 Å². The molecule has 2 aromatic carbocycles. The van der Waals surface area contributed by atoms with Crippen molar-refractivity contribution in [3.8, 4) is 5.75 Å². The van der Waals surface area contributed by atoms with Gasteiger partial charge in [0.15, 0.2) is 0 Å². The zero-order chi connectivity index (χ0) is 22.3. The number of hydrogen-bond donors (Lipinski definition) is 1. The van der Waals surface area contributed by atoms with Gasteiger partial charge in [0.2, 0.25) is 0 Å². The first kappa shape index (κ1) is 22.9. The summed E-state index contributed by atoms with van der Waals surface area (Å²) in [5.74, 6) is 0.803. The highest BCUT2D eigenvalue weighted by atomic mass is 16.5. The molecule has 5 nitrogen and oxygen atoms in total. The molecule has 0 amide bonds. The largest absolute Gasteiger partial charge is 0.492 e. The summed E-state index contributed by atoms with van der Waals surface area (Å²) >= 11 is 0. The summed E-state index contributed by atoms with van der Waals surface area (Å²) in [6, 6.07) is 15.7. The summed E-state index contributed by atoms with van der Waals surface area (Å²) in [4.78, 5) is 11.1. The fraction of sp³-hybridized carbons (Fsp3) is 0.385. The zero-order valence-electron chi connectivity index (χ0n) is 19.0. The van der Waals surface area contributed by atoms with Gasteiger partial charge in [-0.1, -0.05) is 55.8 Å². The zero-order valence-corrected chi connectivity index (χ0v) is 19.0. The molecule has 0 bridgehead atoms. The maximum atomic E-state index is 11.9. The number of hydrogen-bond acceptors (Lipinski definition) is 5. The summed E-state index contributed by atoms with van der Waals surface area (Å²) in [6.07, 6.45) is 3.81. The summed E-state index contributed by atoms with van der Waals surface area (Å²) in [7, 11) is 0. The molecule has 1 aromatic heterocycles. The second kappa shape index (κ2) is 10.5. The van der Waals surface area contributed by atoms with E-state index in [1.165, 1.54) is 0 Å². The maximum Gasteiger partial charge on any atom is 0.120 e. The number of aliphatic hydroxyl groups is 1. The Labute approximate surface area is 185 Å². The van der Waals surface area contributed by atoms with Crippen LogP contribution in [0.4, 0.5) is 0 Å². The summed E-state index contributed by atoms with van der Waals surface area (Å²) < 4.78 is 5.92. The van der Waals surface area contributed by atoms with Gasteiger partial charge in [-0.05, 0) is 50.2 Å². The minimum absolute atomic E-state index is 0.339. The minimum Gasteiger partial charge on any atom is -0.492 e. The van der Waals surface area contributed by atoms with E-state index in [9.17, 15) is 5.11 Å². The number of aromatic nitrogens is 2. The number of nitrogens with zero attached hydrogens (tertiary/aromatic N) is 3. The lowest BCUT2D eigenvalue weighted by atomic mass is 9.82. The van der Waals surface area contributed by atoms with E-state index < -0.39 is 5.60 Å². The molecule has 0 radical (unpaired) electrons. The van der Waals surface area contributed by atoms with E-state index in [1.54, 1.807) is 12.4 Å². The van der Waals surface area contributed by atoms with Gasteiger partial charge in [-0.3, -0.25) is 9.97 Å². The average Bonchev–Trinajstić information content (AvgIpc) is 2.79. The molecule has 31 heavy (non-hydrogen) atoms. The van der Waals surface area contributed by atoms with Crippen LogP contribution in [0.1, 0.15) is 41.9 Å². The normalized spacial score (nSPS) is 13.2. The molecule has 0 spiro atoms. The number of aryl methyl sites for hydroxylation is 2. The molecule has 0 fully saturated rings. The third-order valence-corrected chi connectivity index (χ3v) is 5.70. The molecule has 0 aliphatic carbocycles. The van der Waals surface area contributed by atoms with Gasteiger partial charge in [0.25, 0.3) is 0 Å². The van der Waals surface area contributed by atoms with Crippen LogP contribution in [0.25, 0.3) is 0 Å². The quantitative estimate of drug-likeness (QED) is 0.531. The standard InChI is InChI=1S/C26H33N3O2/c1-5-29(6-2)15-16-31-25-13-11-23(12-14-25)26(30,22-9-7-20(3)8-10-22)17-24-19-27-21(4)18-28-24/h7-14,18-19,30H,5-6,15-17H2,1-4H3. The molecule has 0 saturated heterocycles. The first-order chi connectivity index (χ1) is 14.9. The van der Waals surface area contributed by atoms with Crippen molar-refractivity contribution in [1.29, 1.82) is 0 Å². The number of benzene rings is 2. The average molecular weight is 420 g/mol. The van der Waals surface area contributed by atoms with Crippen molar-refractivity contribution in [3.05, 3.63) is 89.0 Å². The molecule has 164 valence electrons. The molecule has 5 heteroatoms. The molecule has 1 heterocycles. The summed E-state index contributed by atoms with van der Waals surface area (Å²) in [5.41, 5.74) is 3.17. The topological polar surface area (TPSA) is 58.5 Å². The van der Waals surface area contributed by atoms with Crippen molar-refractivity contribution in [2.45, 2.75) is 39.7 Å². The lowest BCUT2D eigenvalue weighted by molar-refractivity contribution is 0.0798. The van der Waals surface area contributed by atoms with Crippen LogP contribution >= 0.6 is 0 Å². The SMILES string of the molecule is CCN(CC)CCOc1ccc(C(O)(Cc2cnc(C)cn2)c2ccc(C)cc2)cc1. The minimum atomic E-state index is -1.21. The second-order valence-corrected chi connectivity index (χ2v) is 7.95. The van der Waals surface area contributed by atoms with Gasteiger partial charge in [-0.15, -0.1) is 0 Å². The van der Waals surface area contributed by atoms with E-state index in [0.29, 0.717) is 13.0 Å². The Hall–Kier alpha value is -2.76. The van der Waals surface area contributed by atoms with Crippen molar-refractivity contribution >= 4 is 0 Å². The smallest absolute Gasteiger partial charge is 0.120 e. The van der Waals surface area contributed by atoms with Crippen molar-refractivity contribution in [2.24, 2.45) is 0 Å². The third kappa shape index (κ3) is 5.90. The molecule has 0 aliphatic rings. The van der Waals surface area contributed by atoms with E-state index in [4.69, 9.17) is 4.74 Å². The Morgan fingerprint density at radius 1 is 0.871 bits per heavy atom. The molecular weight excluding hydrogens is 386 g/mol. The lowest BCUT2D eigenvalue weighted by Gasteiger charge is -2.29. The van der Waals surface area contributed by atoms with Gasteiger partial charge in [0.1, 0.15) is 18.0 Å². The Morgan fingerprint density at radius 2 is 1.48 bits per heavy atom. The van der Waals surface area contributed by atoms with Gasteiger partial charge in [0, 0.05) is 25.4 Å². The summed E-state index contributed by atoms with van der Waals surface area (Å²) in [5, 5.41) is 11.9. The predicted octanol–water partition coefficient (Wildman–Crippen LogP) is 4.29. The molecule has 1 N–H and O–H groups in total. The Bertz CT molecular complexity index is 936. The summed E-state index contributed by atoms with van der Waals surface area (Å²) in [6.45, 7) is 11.8. The Kier molecular flexibility index (Phi) is 7.77. The van der Waals surface area contributed by atoms with Crippen LogP contribution in [0.5, 0.6) is 5.75 Å². The van der Waals surface area contributed by atoms with Crippen molar-refractivity contribution in [1.82, 2.24) is 14.9 Å². The van der Waals surface area contributed by atoms with Crippen molar-refractivity contribution in [3.63, 3.8) is 0 Å². The van der Waals surface area contributed by atoms with E-state index in [2.05, 4.69) is 28.7 Å². The van der Waals surface area contributed by atoms with E-state index in [-0.39, 0.29) is 0 Å². The molecule has 1 atom stereocenters. The monoisotopic (exact) mass is 419 g/mol. The molecular formula is C26H33N3O2. The predicted molar refractivity (Wildman–Crippen MR) is 124 cm³/mol. The van der Waals surface area contributed by atoms with Gasteiger partial charge in [-0.2, -0.15) is 0 Å². The molecule has 1 unspecified atom stereocenters. The molecule has 0 saturated carbocycles. The number of likely N-dealkylation sites (N-methyl/N-ethyl adjacent to an activating group) is 1. The van der Waals surface area contributed by atoms with E-state index in [0.717, 1.165) is 53.5 Å². The number of ether oxygens (including phenoxy) is 1. The fourth-order valence-electron chi connectivity index (χ4n) is 3.63. The second-order valence-electron chi connectivity index (χ2n) is 7.95. The van der Waals surface area contributed by atoms with Gasteiger partial charge in [-0.25, -0.2) is 0 Å². The van der Waals surface area contributed by atoms with Crippen LogP contribution in [0.15, 0.2) is 60.9 Å². The lowest BCUT2D eigenvalue weighted by Crippen LogP contribution is -2.30. The van der Waals surface area contributed by atoms with E-state index in [1.807, 2.05) is 62.4 Å².